The Morgan fingerprint density at radius 2 is 1.45 bits per heavy atom. The van der Waals surface area contributed by atoms with Crippen LogP contribution in [0.5, 0.6) is 23.0 Å². The highest BCUT2D eigenvalue weighted by Crippen LogP contribution is 2.38. The van der Waals surface area contributed by atoms with Crippen LogP contribution in [0.1, 0.15) is 47.8 Å². The van der Waals surface area contributed by atoms with E-state index in [1.54, 1.807) is 48.5 Å². The number of methoxy groups -OCH3 is 3. The summed E-state index contributed by atoms with van der Waals surface area (Å²) in [4.78, 5) is 25.4. The largest absolute Gasteiger partial charge is 0.493 e. The van der Waals surface area contributed by atoms with Crippen LogP contribution in [0.4, 0.5) is 0 Å². The smallest absolute Gasteiger partial charge is 0.343 e. The Labute approximate surface area is 223 Å². The summed E-state index contributed by atoms with van der Waals surface area (Å²) in [6.07, 6.45) is 1.49. The van der Waals surface area contributed by atoms with Crippen LogP contribution in [0.25, 0.3) is 6.08 Å². The fourth-order valence-electron chi connectivity index (χ4n) is 3.75. The Morgan fingerprint density at radius 1 is 0.868 bits per heavy atom. The van der Waals surface area contributed by atoms with E-state index in [1.807, 2.05) is 18.2 Å². The molecule has 3 aromatic carbocycles. The van der Waals surface area contributed by atoms with Gasteiger partial charge in [-0.05, 0) is 64.6 Å². The summed E-state index contributed by atoms with van der Waals surface area (Å²) in [5.74, 6) is 0.787. The zero-order valence-electron chi connectivity index (χ0n) is 22.5. The van der Waals surface area contributed by atoms with Crippen LogP contribution in [-0.2, 0) is 16.6 Å². The number of allylic oxidation sites excluding steroid dienone is 1. The second kappa shape index (κ2) is 12.1. The first-order valence-corrected chi connectivity index (χ1v) is 12.0. The average molecular weight is 514 g/mol. The normalized spacial score (nSPS) is 11.3. The van der Waals surface area contributed by atoms with Crippen LogP contribution < -0.4 is 18.9 Å². The van der Waals surface area contributed by atoms with E-state index < -0.39 is 5.97 Å². The van der Waals surface area contributed by atoms with Crippen molar-refractivity contribution >= 4 is 17.8 Å². The van der Waals surface area contributed by atoms with E-state index in [4.69, 9.17) is 18.9 Å². The van der Waals surface area contributed by atoms with Crippen LogP contribution in [0.3, 0.4) is 0 Å². The van der Waals surface area contributed by atoms with Crippen LogP contribution >= 0.6 is 0 Å². The molecule has 0 amide bonds. The van der Waals surface area contributed by atoms with E-state index in [0.29, 0.717) is 39.7 Å². The molecule has 0 aliphatic rings. The summed E-state index contributed by atoms with van der Waals surface area (Å²) in [5.41, 5.74) is 2.78. The SMILES string of the molecule is COc1cc(/C=C(\C#N)C(=O)Cc2ccc(OC(=O)c3ccc(C(C)(C)C)cc3)cc2)cc(OC)c1OC. The maximum Gasteiger partial charge on any atom is 0.343 e. The number of rotatable bonds is 9. The summed E-state index contributed by atoms with van der Waals surface area (Å²) < 4.78 is 21.5. The second-order valence-corrected chi connectivity index (χ2v) is 9.59. The lowest BCUT2D eigenvalue weighted by atomic mass is 9.87. The molecule has 0 atom stereocenters. The highest BCUT2D eigenvalue weighted by Gasteiger charge is 2.17. The van der Waals surface area contributed by atoms with Crippen molar-refractivity contribution in [3.05, 3.63) is 88.5 Å². The number of hydrogen-bond donors (Lipinski definition) is 0. The lowest BCUT2D eigenvalue weighted by molar-refractivity contribution is -0.114. The van der Waals surface area contributed by atoms with Crippen molar-refractivity contribution in [3.63, 3.8) is 0 Å². The Morgan fingerprint density at radius 3 is 1.92 bits per heavy atom. The molecule has 0 spiro atoms. The number of carbonyl (C=O) groups excluding carboxylic acids is 2. The topological polar surface area (TPSA) is 94.8 Å². The van der Waals surface area contributed by atoms with Crippen molar-refractivity contribution in [2.24, 2.45) is 0 Å². The van der Waals surface area contributed by atoms with Gasteiger partial charge < -0.3 is 18.9 Å². The maximum atomic E-state index is 12.9. The first kappa shape index (κ1) is 28.0. The van der Waals surface area contributed by atoms with Gasteiger partial charge in [-0.3, -0.25) is 4.79 Å². The van der Waals surface area contributed by atoms with Crippen molar-refractivity contribution in [2.45, 2.75) is 32.6 Å². The lowest BCUT2D eigenvalue weighted by Crippen LogP contribution is -2.13. The number of nitrogens with zero attached hydrogens (tertiary/aromatic N) is 1. The molecule has 0 unspecified atom stereocenters. The molecule has 0 heterocycles. The lowest BCUT2D eigenvalue weighted by Gasteiger charge is -2.18. The number of ether oxygens (including phenoxy) is 4. The molecule has 0 radical (unpaired) electrons. The molecule has 3 aromatic rings. The second-order valence-electron chi connectivity index (χ2n) is 9.59. The van der Waals surface area contributed by atoms with E-state index in [1.165, 1.54) is 27.4 Å². The van der Waals surface area contributed by atoms with E-state index >= 15 is 0 Å². The number of benzene rings is 3. The van der Waals surface area contributed by atoms with Gasteiger partial charge in [0.05, 0.1) is 32.5 Å². The van der Waals surface area contributed by atoms with Gasteiger partial charge in [0.1, 0.15) is 11.8 Å². The molecule has 3 rings (SSSR count). The molecule has 0 aliphatic carbocycles. The molecule has 0 saturated heterocycles. The Hall–Kier alpha value is -4.57. The van der Waals surface area contributed by atoms with Gasteiger partial charge in [-0.25, -0.2) is 4.79 Å². The van der Waals surface area contributed by atoms with Crippen LogP contribution in [0, 0.1) is 11.3 Å². The first-order valence-electron chi connectivity index (χ1n) is 12.0. The minimum atomic E-state index is -0.464. The quantitative estimate of drug-likeness (QED) is 0.151. The van der Waals surface area contributed by atoms with Crippen molar-refractivity contribution in [2.75, 3.05) is 21.3 Å². The minimum Gasteiger partial charge on any atom is -0.493 e. The Kier molecular flexibility index (Phi) is 8.93. The zero-order chi connectivity index (χ0) is 27.9. The Bertz CT molecular complexity index is 1350. The van der Waals surface area contributed by atoms with Gasteiger partial charge in [-0.1, -0.05) is 45.0 Å². The molecule has 7 heteroatoms. The predicted octanol–water partition coefficient (Wildman–Crippen LogP) is 5.95. The molecule has 196 valence electrons. The van der Waals surface area contributed by atoms with Crippen molar-refractivity contribution in [1.82, 2.24) is 0 Å². The summed E-state index contributed by atoms with van der Waals surface area (Å²) in [5, 5.41) is 9.62. The third-order valence-corrected chi connectivity index (χ3v) is 5.90. The third kappa shape index (κ3) is 6.80. The predicted molar refractivity (Wildman–Crippen MR) is 145 cm³/mol. The van der Waals surface area contributed by atoms with E-state index in [2.05, 4.69) is 20.8 Å². The van der Waals surface area contributed by atoms with Crippen molar-refractivity contribution in [3.8, 4) is 29.1 Å². The standard InChI is InChI=1S/C31H31NO6/c1-31(2,3)24-11-9-22(10-12-24)30(34)38-25-13-7-20(8-14-25)16-26(33)23(19-32)15-21-17-27(35-4)29(37-6)28(18-21)36-5/h7-15,17-18H,16H2,1-6H3/b23-15+. The van der Waals surface area contributed by atoms with Gasteiger partial charge in [-0.15, -0.1) is 0 Å². The minimum absolute atomic E-state index is 0.00626. The van der Waals surface area contributed by atoms with Gasteiger partial charge in [0.25, 0.3) is 0 Å². The number of ketones is 1. The number of carbonyl (C=O) groups is 2. The zero-order valence-corrected chi connectivity index (χ0v) is 22.5. The molecule has 7 nitrogen and oxygen atoms in total. The molecule has 0 N–H and O–H groups in total. The van der Waals surface area contributed by atoms with Crippen molar-refractivity contribution < 1.29 is 28.5 Å². The molecular weight excluding hydrogens is 482 g/mol. The molecular formula is C31H31NO6. The highest BCUT2D eigenvalue weighted by molar-refractivity contribution is 6.04. The summed E-state index contributed by atoms with van der Waals surface area (Å²) in [6.45, 7) is 6.32. The summed E-state index contributed by atoms with van der Waals surface area (Å²) in [6, 6.07) is 19.3. The van der Waals surface area contributed by atoms with Crippen molar-refractivity contribution in [1.29, 1.82) is 5.26 Å². The van der Waals surface area contributed by atoms with E-state index in [9.17, 15) is 14.9 Å². The average Bonchev–Trinajstić information content (AvgIpc) is 2.91. The van der Waals surface area contributed by atoms with E-state index in [0.717, 1.165) is 5.56 Å². The number of esters is 1. The molecule has 38 heavy (non-hydrogen) atoms. The van der Waals surface area contributed by atoms with Gasteiger partial charge >= 0.3 is 5.97 Å². The summed E-state index contributed by atoms with van der Waals surface area (Å²) >= 11 is 0. The molecule has 0 bridgehead atoms. The van der Waals surface area contributed by atoms with E-state index in [-0.39, 0.29) is 23.2 Å². The van der Waals surface area contributed by atoms with Gasteiger partial charge in [0.2, 0.25) is 5.75 Å². The number of hydrogen-bond acceptors (Lipinski definition) is 7. The third-order valence-electron chi connectivity index (χ3n) is 5.90. The van der Waals surface area contributed by atoms with Crippen LogP contribution in [0.15, 0.2) is 66.2 Å². The fourth-order valence-corrected chi connectivity index (χ4v) is 3.75. The molecule has 0 aliphatic heterocycles. The number of nitriles is 1. The van der Waals surface area contributed by atoms with Gasteiger partial charge in [0, 0.05) is 6.42 Å². The molecule has 0 aromatic heterocycles. The van der Waals surface area contributed by atoms with Gasteiger partial charge in [-0.2, -0.15) is 5.26 Å². The van der Waals surface area contributed by atoms with Gasteiger partial charge in [0.15, 0.2) is 17.3 Å². The van der Waals surface area contributed by atoms with Crippen LogP contribution in [-0.4, -0.2) is 33.1 Å². The summed E-state index contributed by atoms with van der Waals surface area (Å²) in [7, 11) is 4.48. The Balaban J connectivity index is 1.70. The highest BCUT2D eigenvalue weighted by atomic mass is 16.5. The molecule has 0 fully saturated rings. The number of Topliss-reactive ketones (excluding diaryl/α,β-unsaturated/α-hetero) is 1. The first-order chi connectivity index (χ1) is 18.1. The fraction of sp³-hybridized carbons (Fsp3) is 0.258. The maximum absolute atomic E-state index is 12.9. The monoisotopic (exact) mass is 513 g/mol. The molecule has 0 saturated carbocycles. The van der Waals surface area contributed by atoms with Crippen LogP contribution in [0.2, 0.25) is 0 Å².